The van der Waals surface area contributed by atoms with Crippen molar-refractivity contribution in [2.24, 2.45) is 4.99 Å². The van der Waals surface area contributed by atoms with Crippen LogP contribution in [0.2, 0.25) is 0 Å². The molecule has 1 aromatic carbocycles. The maximum absolute atomic E-state index is 12.1. The fraction of sp³-hybridized carbons (Fsp3) is 0.421. The molecule has 0 amide bonds. The minimum atomic E-state index is -3.35. The van der Waals surface area contributed by atoms with Crippen LogP contribution in [-0.4, -0.2) is 33.2 Å². The van der Waals surface area contributed by atoms with Crippen LogP contribution in [0.1, 0.15) is 29.2 Å². The van der Waals surface area contributed by atoms with Gasteiger partial charge in [0, 0.05) is 29.4 Å². The zero-order chi connectivity index (χ0) is 19.5. The Labute approximate surface area is 166 Å². The highest BCUT2D eigenvalue weighted by atomic mass is 32.2. The van der Waals surface area contributed by atoms with Crippen LogP contribution in [0.15, 0.2) is 47.5 Å². The number of hydrogen-bond acceptors (Lipinski definition) is 4. The number of benzene rings is 1. The van der Waals surface area contributed by atoms with E-state index >= 15 is 0 Å². The van der Waals surface area contributed by atoms with Crippen LogP contribution < -0.4 is 15.4 Å². The van der Waals surface area contributed by atoms with Crippen molar-refractivity contribution < 1.29 is 8.42 Å². The van der Waals surface area contributed by atoms with Gasteiger partial charge in [0.2, 0.25) is 10.0 Å². The molecule has 0 aliphatic rings. The summed E-state index contributed by atoms with van der Waals surface area (Å²) in [6, 6.07) is 13.7. The molecular formula is C19H28N4O2S2. The van der Waals surface area contributed by atoms with Gasteiger partial charge in [0.05, 0.1) is 12.3 Å². The van der Waals surface area contributed by atoms with E-state index in [4.69, 9.17) is 0 Å². The van der Waals surface area contributed by atoms with E-state index in [9.17, 15) is 8.42 Å². The Bertz CT molecular complexity index is 817. The average Bonchev–Trinajstić information content (AvgIpc) is 3.13. The van der Waals surface area contributed by atoms with Gasteiger partial charge in [-0.3, -0.25) is 0 Å². The van der Waals surface area contributed by atoms with Gasteiger partial charge in [0.25, 0.3) is 0 Å². The predicted octanol–water partition coefficient (Wildman–Crippen LogP) is 2.49. The molecule has 0 saturated carbocycles. The van der Waals surface area contributed by atoms with E-state index in [1.165, 1.54) is 9.75 Å². The van der Waals surface area contributed by atoms with Gasteiger partial charge in [-0.05, 0) is 31.0 Å². The monoisotopic (exact) mass is 408 g/mol. The van der Waals surface area contributed by atoms with Gasteiger partial charge >= 0.3 is 0 Å². The first kappa shape index (κ1) is 21.4. The van der Waals surface area contributed by atoms with Gasteiger partial charge in [-0.1, -0.05) is 37.3 Å². The molecule has 0 spiro atoms. The summed E-state index contributed by atoms with van der Waals surface area (Å²) in [5, 5.41) is 6.24. The Balaban J connectivity index is 1.80. The lowest BCUT2D eigenvalue weighted by atomic mass is 10.2. The molecule has 0 radical (unpaired) electrons. The Kier molecular flexibility index (Phi) is 8.77. The number of nitrogens with zero attached hydrogens (tertiary/aromatic N) is 1. The summed E-state index contributed by atoms with van der Waals surface area (Å²) in [5.74, 6) is 0.616. The number of thiophene rings is 1. The van der Waals surface area contributed by atoms with Crippen LogP contribution >= 0.6 is 11.3 Å². The summed E-state index contributed by atoms with van der Waals surface area (Å²) in [6.07, 6.45) is 1.03. The third kappa shape index (κ3) is 8.11. The van der Waals surface area contributed by atoms with E-state index in [1.54, 1.807) is 11.3 Å². The number of rotatable bonds is 10. The molecule has 0 bridgehead atoms. The molecule has 148 valence electrons. The predicted molar refractivity (Wildman–Crippen MR) is 114 cm³/mol. The summed E-state index contributed by atoms with van der Waals surface area (Å²) >= 11 is 1.76. The number of aliphatic imine (C=N–C) groups is 1. The molecule has 2 rings (SSSR count). The van der Waals surface area contributed by atoms with E-state index in [0.29, 0.717) is 25.6 Å². The van der Waals surface area contributed by atoms with E-state index in [-0.39, 0.29) is 5.75 Å². The Morgan fingerprint density at radius 3 is 2.44 bits per heavy atom. The van der Waals surface area contributed by atoms with Gasteiger partial charge in [-0.25, -0.2) is 18.1 Å². The fourth-order valence-corrected chi connectivity index (χ4v) is 4.15. The molecular weight excluding hydrogens is 380 g/mol. The van der Waals surface area contributed by atoms with Crippen molar-refractivity contribution in [3.63, 3.8) is 0 Å². The van der Waals surface area contributed by atoms with Gasteiger partial charge in [-0.2, -0.15) is 0 Å². The number of nitrogens with one attached hydrogen (secondary N) is 3. The van der Waals surface area contributed by atoms with Crippen molar-refractivity contribution in [1.29, 1.82) is 0 Å². The van der Waals surface area contributed by atoms with Gasteiger partial charge < -0.3 is 10.6 Å². The average molecular weight is 409 g/mol. The Hall–Kier alpha value is -1.90. The van der Waals surface area contributed by atoms with E-state index in [0.717, 1.165) is 18.5 Å². The molecule has 0 aliphatic heterocycles. The summed E-state index contributed by atoms with van der Waals surface area (Å²) in [5.41, 5.74) is 0.936. The van der Waals surface area contributed by atoms with Crippen LogP contribution in [0, 0.1) is 0 Å². The molecule has 0 aliphatic carbocycles. The number of sulfonamides is 1. The van der Waals surface area contributed by atoms with Crippen molar-refractivity contribution >= 4 is 27.3 Å². The first-order chi connectivity index (χ1) is 13.0. The SMILES string of the molecule is CCNC(=NCc1ccc(CC)s1)NCCS(=O)(=O)NCc1ccccc1. The number of guanidine groups is 1. The van der Waals surface area contributed by atoms with Crippen LogP contribution in [0.3, 0.4) is 0 Å². The van der Waals surface area contributed by atoms with Crippen LogP contribution in [-0.2, 0) is 29.5 Å². The van der Waals surface area contributed by atoms with Crippen molar-refractivity contribution in [1.82, 2.24) is 15.4 Å². The first-order valence-corrected chi connectivity index (χ1v) is 11.6. The summed E-state index contributed by atoms with van der Waals surface area (Å²) in [4.78, 5) is 7.07. The standard InChI is InChI=1S/C19H28N4O2S2/c1-3-17-10-11-18(26-17)15-22-19(20-4-2)21-12-13-27(24,25)23-14-16-8-6-5-7-9-16/h5-11,23H,3-4,12-15H2,1-2H3,(H2,20,21,22). The molecule has 0 saturated heterocycles. The Morgan fingerprint density at radius 1 is 1.04 bits per heavy atom. The highest BCUT2D eigenvalue weighted by Gasteiger charge is 2.10. The molecule has 0 atom stereocenters. The van der Waals surface area contributed by atoms with Crippen molar-refractivity contribution in [2.75, 3.05) is 18.8 Å². The summed E-state index contributed by atoms with van der Waals surface area (Å²) < 4.78 is 26.9. The van der Waals surface area contributed by atoms with Crippen LogP contribution in [0.25, 0.3) is 0 Å². The lowest BCUT2D eigenvalue weighted by Crippen LogP contribution is -2.41. The maximum atomic E-state index is 12.1. The molecule has 0 fully saturated rings. The molecule has 3 N–H and O–H groups in total. The number of hydrogen-bond donors (Lipinski definition) is 3. The normalized spacial score (nSPS) is 12.1. The minimum Gasteiger partial charge on any atom is -0.357 e. The smallest absolute Gasteiger partial charge is 0.213 e. The first-order valence-electron chi connectivity index (χ1n) is 9.13. The van der Waals surface area contributed by atoms with Gasteiger partial charge in [0.1, 0.15) is 0 Å². The van der Waals surface area contributed by atoms with E-state index < -0.39 is 10.0 Å². The van der Waals surface area contributed by atoms with Crippen LogP contribution in [0.4, 0.5) is 0 Å². The lowest BCUT2D eigenvalue weighted by molar-refractivity contribution is 0.580. The molecule has 1 aromatic heterocycles. The minimum absolute atomic E-state index is 0.0107. The lowest BCUT2D eigenvalue weighted by Gasteiger charge is -2.12. The zero-order valence-corrected chi connectivity index (χ0v) is 17.5. The largest absolute Gasteiger partial charge is 0.357 e. The van der Waals surface area contributed by atoms with E-state index in [1.807, 2.05) is 37.3 Å². The van der Waals surface area contributed by atoms with Crippen molar-refractivity contribution in [3.8, 4) is 0 Å². The topological polar surface area (TPSA) is 82.6 Å². The molecule has 0 unspecified atom stereocenters. The molecule has 2 aromatic rings. The zero-order valence-electron chi connectivity index (χ0n) is 15.9. The van der Waals surface area contributed by atoms with Crippen LogP contribution in [0.5, 0.6) is 0 Å². The molecule has 1 heterocycles. The molecule has 8 heteroatoms. The second kappa shape index (κ2) is 11.1. The molecule has 6 nitrogen and oxygen atoms in total. The highest BCUT2D eigenvalue weighted by Crippen LogP contribution is 2.17. The van der Waals surface area contributed by atoms with Crippen molar-refractivity contribution in [2.45, 2.75) is 33.4 Å². The number of aryl methyl sites for hydroxylation is 1. The van der Waals surface area contributed by atoms with E-state index in [2.05, 4.69) is 39.4 Å². The second-order valence-corrected chi connectivity index (χ2v) is 9.15. The van der Waals surface area contributed by atoms with Gasteiger partial charge in [-0.15, -0.1) is 11.3 Å². The Morgan fingerprint density at radius 2 is 1.78 bits per heavy atom. The fourth-order valence-electron chi connectivity index (χ4n) is 2.36. The summed E-state index contributed by atoms with van der Waals surface area (Å²) in [7, 11) is -3.35. The molecule has 27 heavy (non-hydrogen) atoms. The van der Waals surface area contributed by atoms with Crippen molar-refractivity contribution in [3.05, 3.63) is 57.8 Å². The van der Waals surface area contributed by atoms with Gasteiger partial charge in [0.15, 0.2) is 5.96 Å². The summed E-state index contributed by atoms with van der Waals surface area (Å²) in [6.45, 7) is 6.01. The highest BCUT2D eigenvalue weighted by molar-refractivity contribution is 7.89. The third-order valence-electron chi connectivity index (χ3n) is 3.81. The second-order valence-electron chi connectivity index (χ2n) is 5.97. The quantitative estimate of drug-likeness (QED) is 0.417. The maximum Gasteiger partial charge on any atom is 0.213 e. The third-order valence-corrected chi connectivity index (χ3v) is 6.35.